The second kappa shape index (κ2) is 8.54. The van der Waals surface area contributed by atoms with Crippen LogP contribution in [0.1, 0.15) is 27.6 Å². The molecule has 2 aromatic carbocycles. The highest BCUT2D eigenvalue weighted by molar-refractivity contribution is 7.91. The molecule has 27 heavy (non-hydrogen) atoms. The van der Waals surface area contributed by atoms with E-state index in [0.29, 0.717) is 11.5 Å². The summed E-state index contributed by atoms with van der Waals surface area (Å²) in [6.07, 6.45) is 0. The van der Waals surface area contributed by atoms with E-state index in [9.17, 15) is 18.0 Å². The van der Waals surface area contributed by atoms with E-state index in [1.807, 2.05) is 0 Å². The van der Waals surface area contributed by atoms with Gasteiger partial charge in [0, 0.05) is 5.56 Å². The molecule has 2 aromatic rings. The molecule has 0 aliphatic heterocycles. The Morgan fingerprint density at radius 3 is 2.19 bits per heavy atom. The van der Waals surface area contributed by atoms with E-state index >= 15 is 0 Å². The second-order valence-electron chi connectivity index (χ2n) is 5.38. The molecule has 9 heteroatoms. The van der Waals surface area contributed by atoms with Crippen LogP contribution in [0, 0.1) is 0 Å². The number of carbonyl (C=O) groups excluding carboxylic acids is 2. The maximum absolute atomic E-state index is 12.4. The lowest BCUT2D eigenvalue weighted by Crippen LogP contribution is -2.42. The van der Waals surface area contributed by atoms with E-state index in [1.165, 1.54) is 51.5 Å². The number of hydrazine groups is 1. The van der Waals surface area contributed by atoms with Gasteiger partial charge in [0.2, 0.25) is 0 Å². The van der Waals surface area contributed by atoms with Gasteiger partial charge in [-0.05, 0) is 30.3 Å². The van der Waals surface area contributed by atoms with Gasteiger partial charge in [-0.15, -0.1) is 0 Å². The van der Waals surface area contributed by atoms with E-state index in [4.69, 9.17) is 9.47 Å². The number of hydrogen-bond donors (Lipinski definition) is 2. The lowest BCUT2D eigenvalue weighted by atomic mass is 10.2. The normalized spacial score (nSPS) is 10.8. The van der Waals surface area contributed by atoms with Crippen LogP contribution in [0.25, 0.3) is 0 Å². The zero-order valence-electron chi connectivity index (χ0n) is 15.1. The first-order valence-electron chi connectivity index (χ1n) is 7.98. The average molecular weight is 392 g/mol. The molecule has 2 N–H and O–H groups in total. The number of benzene rings is 2. The average Bonchev–Trinajstić information content (AvgIpc) is 2.71. The number of hydrogen-bond acceptors (Lipinski definition) is 6. The summed E-state index contributed by atoms with van der Waals surface area (Å²) in [7, 11) is -0.676. The van der Waals surface area contributed by atoms with Gasteiger partial charge in [-0.2, -0.15) is 0 Å². The molecule has 0 aliphatic carbocycles. The molecular weight excluding hydrogens is 372 g/mol. The highest BCUT2D eigenvalue weighted by atomic mass is 32.2. The van der Waals surface area contributed by atoms with Gasteiger partial charge < -0.3 is 9.47 Å². The Hall–Kier alpha value is -3.07. The Labute approximate surface area is 157 Å². The predicted molar refractivity (Wildman–Crippen MR) is 98.6 cm³/mol. The molecule has 0 saturated heterocycles. The number of sulfone groups is 1. The quantitative estimate of drug-likeness (QED) is 0.722. The number of nitrogens with one attached hydrogen (secondary N) is 2. The third-order valence-electron chi connectivity index (χ3n) is 3.78. The van der Waals surface area contributed by atoms with E-state index in [0.717, 1.165) is 0 Å². The second-order valence-corrected chi connectivity index (χ2v) is 7.62. The van der Waals surface area contributed by atoms with Crippen molar-refractivity contribution in [1.29, 1.82) is 0 Å². The first kappa shape index (κ1) is 20.2. The van der Waals surface area contributed by atoms with Gasteiger partial charge in [0.1, 0.15) is 0 Å². The molecule has 0 unspecified atom stereocenters. The summed E-state index contributed by atoms with van der Waals surface area (Å²) in [5, 5.41) is 0. The molecule has 144 valence electrons. The van der Waals surface area contributed by atoms with Crippen molar-refractivity contribution in [2.45, 2.75) is 11.8 Å². The Morgan fingerprint density at radius 2 is 1.56 bits per heavy atom. The molecule has 0 atom stereocenters. The van der Waals surface area contributed by atoms with Crippen LogP contribution in [0.4, 0.5) is 0 Å². The minimum atomic E-state index is -3.59. The molecule has 0 aromatic heterocycles. The highest BCUT2D eigenvalue weighted by Gasteiger charge is 2.21. The van der Waals surface area contributed by atoms with Gasteiger partial charge in [0.15, 0.2) is 21.3 Å². The van der Waals surface area contributed by atoms with Gasteiger partial charge in [0.05, 0.1) is 30.4 Å². The molecule has 0 heterocycles. The zero-order valence-corrected chi connectivity index (χ0v) is 15.9. The van der Waals surface area contributed by atoms with Crippen LogP contribution < -0.4 is 20.3 Å². The summed E-state index contributed by atoms with van der Waals surface area (Å²) in [4.78, 5) is 24.5. The molecule has 0 fully saturated rings. The molecule has 0 aliphatic rings. The van der Waals surface area contributed by atoms with E-state index in [-0.39, 0.29) is 21.8 Å². The van der Waals surface area contributed by atoms with Crippen molar-refractivity contribution in [2.75, 3.05) is 20.0 Å². The van der Waals surface area contributed by atoms with Crippen molar-refractivity contribution in [3.8, 4) is 11.5 Å². The third kappa shape index (κ3) is 4.56. The van der Waals surface area contributed by atoms with E-state index < -0.39 is 21.7 Å². The molecule has 0 saturated carbocycles. The molecular formula is C18H20N2O6S. The third-order valence-corrected chi connectivity index (χ3v) is 5.57. The van der Waals surface area contributed by atoms with Crippen molar-refractivity contribution in [3.63, 3.8) is 0 Å². The number of amides is 2. The van der Waals surface area contributed by atoms with Crippen LogP contribution in [0.5, 0.6) is 11.5 Å². The van der Waals surface area contributed by atoms with Crippen LogP contribution >= 0.6 is 0 Å². The fourth-order valence-corrected chi connectivity index (χ4v) is 3.40. The highest BCUT2D eigenvalue weighted by Crippen LogP contribution is 2.27. The van der Waals surface area contributed by atoms with Gasteiger partial charge >= 0.3 is 0 Å². The van der Waals surface area contributed by atoms with Gasteiger partial charge in [0.25, 0.3) is 11.8 Å². The van der Waals surface area contributed by atoms with Crippen molar-refractivity contribution >= 4 is 21.7 Å². The lowest BCUT2D eigenvalue weighted by Gasteiger charge is -2.12. The van der Waals surface area contributed by atoms with Crippen LogP contribution in [0.3, 0.4) is 0 Å². The van der Waals surface area contributed by atoms with Crippen molar-refractivity contribution in [2.24, 2.45) is 0 Å². The minimum absolute atomic E-state index is 0.0491. The number of rotatable bonds is 6. The van der Waals surface area contributed by atoms with Gasteiger partial charge in [-0.25, -0.2) is 8.42 Å². The minimum Gasteiger partial charge on any atom is -0.493 e. The van der Waals surface area contributed by atoms with Crippen LogP contribution in [0.15, 0.2) is 47.4 Å². The fourth-order valence-electron chi connectivity index (χ4n) is 2.31. The largest absolute Gasteiger partial charge is 0.493 e. The number of carbonyl (C=O) groups is 2. The van der Waals surface area contributed by atoms with E-state index in [2.05, 4.69) is 10.9 Å². The molecule has 8 nitrogen and oxygen atoms in total. The predicted octanol–water partition coefficient (Wildman–Crippen LogP) is 1.57. The summed E-state index contributed by atoms with van der Waals surface area (Å²) >= 11 is 0. The summed E-state index contributed by atoms with van der Waals surface area (Å²) in [6, 6.07) is 10.3. The summed E-state index contributed by atoms with van der Waals surface area (Å²) < 4.78 is 34.5. The van der Waals surface area contributed by atoms with Crippen LogP contribution in [-0.4, -0.2) is 40.2 Å². The standard InChI is InChI=1S/C18H20N2O6S/c1-4-27(23,24)16-8-6-5-7-13(16)18(22)20-19-17(21)12-9-10-14(25-2)15(11-12)26-3/h5-11H,4H2,1-3H3,(H,19,21)(H,20,22). The summed E-state index contributed by atoms with van der Waals surface area (Å²) in [6.45, 7) is 1.49. The topological polar surface area (TPSA) is 111 Å². The van der Waals surface area contributed by atoms with Crippen molar-refractivity contribution in [1.82, 2.24) is 10.9 Å². The van der Waals surface area contributed by atoms with Crippen molar-refractivity contribution in [3.05, 3.63) is 53.6 Å². The number of ether oxygens (including phenoxy) is 2. The Morgan fingerprint density at radius 1 is 0.926 bits per heavy atom. The summed E-state index contributed by atoms with van der Waals surface area (Å²) in [5.74, 6) is -0.667. The monoisotopic (exact) mass is 392 g/mol. The molecule has 2 amide bonds. The SMILES string of the molecule is CCS(=O)(=O)c1ccccc1C(=O)NNC(=O)c1ccc(OC)c(OC)c1. The molecule has 0 bridgehead atoms. The van der Waals surface area contributed by atoms with Crippen molar-refractivity contribution < 1.29 is 27.5 Å². The summed E-state index contributed by atoms with van der Waals surface area (Å²) in [5.41, 5.74) is 4.65. The van der Waals surface area contributed by atoms with E-state index in [1.54, 1.807) is 12.1 Å². The Bertz CT molecular complexity index is 956. The maximum atomic E-state index is 12.4. The van der Waals surface area contributed by atoms with Gasteiger partial charge in [-0.1, -0.05) is 19.1 Å². The van der Waals surface area contributed by atoms with Crippen LogP contribution in [0.2, 0.25) is 0 Å². The molecule has 0 spiro atoms. The first-order chi connectivity index (χ1) is 12.8. The van der Waals surface area contributed by atoms with Crippen LogP contribution in [-0.2, 0) is 9.84 Å². The smallest absolute Gasteiger partial charge is 0.271 e. The Balaban J connectivity index is 2.16. The zero-order chi connectivity index (χ0) is 20.0. The molecule has 0 radical (unpaired) electrons. The Kier molecular flexibility index (Phi) is 6.40. The molecule has 2 rings (SSSR count). The first-order valence-corrected chi connectivity index (χ1v) is 9.63. The van der Waals surface area contributed by atoms with Gasteiger partial charge in [-0.3, -0.25) is 20.4 Å². The fraction of sp³-hybridized carbons (Fsp3) is 0.222. The lowest BCUT2D eigenvalue weighted by molar-refractivity contribution is 0.0845. The maximum Gasteiger partial charge on any atom is 0.271 e. The number of methoxy groups -OCH3 is 2.